The summed E-state index contributed by atoms with van der Waals surface area (Å²) in [5, 5.41) is 5.62. The van der Waals surface area contributed by atoms with Crippen molar-refractivity contribution in [3.05, 3.63) is 29.6 Å². The molecule has 1 unspecified atom stereocenters. The molecule has 6 heteroatoms. The fourth-order valence-electron chi connectivity index (χ4n) is 2.71. The number of aryl methyl sites for hydroxylation is 1. The van der Waals surface area contributed by atoms with E-state index in [1.807, 2.05) is 13.0 Å². The zero-order chi connectivity index (χ0) is 14.8. The number of benzene rings is 1. The Kier molecular flexibility index (Phi) is 3.79. The number of nitrogens with one attached hydrogen (secondary N) is 2. The lowest BCUT2D eigenvalue weighted by Crippen LogP contribution is -2.40. The number of carbonyl (C=O) groups excluding carboxylic acids is 1. The molecule has 3 rings (SSSR count). The van der Waals surface area contributed by atoms with Gasteiger partial charge in [0.1, 0.15) is 12.4 Å². The number of ether oxygens (including phenoxy) is 1. The quantitative estimate of drug-likeness (QED) is 0.904. The number of imidazole rings is 1. The van der Waals surface area contributed by atoms with Crippen molar-refractivity contribution in [2.45, 2.75) is 26.5 Å². The lowest BCUT2D eigenvalue weighted by molar-refractivity contribution is 0.0572. The smallest absolute Gasteiger partial charge is 0.314 e. The summed E-state index contributed by atoms with van der Waals surface area (Å²) < 4.78 is 7.80. The van der Waals surface area contributed by atoms with Gasteiger partial charge in [-0.3, -0.25) is 0 Å². The van der Waals surface area contributed by atoms with Crippen LogP contribution in [0.1, 0.15) is 24.4 Å². The Balaban J connectivity index is 1.88. The predicted molar refractivity (Wildman–Crippen MR) is 80.2 cm³/mol. The molecule has 0 saturated carbocycles. The highest BCUT2D eigenvalue weighted by molar-refractivity contribution is 5.77. The van der Waals surface area contributed by atoms with Crippen LogP contribution in [0.25, 0.3) is 11.0 Å². The van der Waals surface area contributed by atoms with Gasteiger partial charge in [-0.1, -0.05) is 6.07 Å². The van der Waals surface area contributed by atoms with Crippen molar-refractivity contribution in [2.75, 3.05) is 19.7 Å². The Hall–Kier alpha value is -2.08. The molecule has 0 radical (unpaired) electrons. The number of hydrogen-bond acceptors (Lipinski definition) is 3. The summed E-state index contributed by atoms with van der Waals surface area (Å²) in [5.41, 5.74) is 3.28. The van der Waals surface area contributed by atoms with E-state index in [0.717, 1.165) is 16.9 Å². The first-order chi connectivity index (χ1) is 10.2. The maximum Gasteiger partial charge on any atom is 0.314 e. The molecule has 2 aromatic rings. The Morgan fingerprint density at radius 3 is 3.14 bits per heavy atom. The maximum atomic E-state index is 11.6. The molecule has 0 spiro atoms. The van der Waals surface area contributed by atoms with Crippen molar-refractivity contribution < 1.29 is 9.53 Å². The normalized spacial score (nSPS) is 17.5. The Bertz CT molecular complexity index is 665. The fourth-order valence-corrected chi connectivity index (χ4v) is 2.71. The van der Waals surface area contributed by atoms with Gasteiger partial charge in [0, 0.05) is 13.1 Å². The van der Waals surface area contributed by atoms with Crippen LogP contribution in [-0.2, 0) is 11.3 Å². The summed E-state index contributed by atoms with van der Waals surface area (Å²) >= 11 is 0. The van der Waals surface area contributed by atoms with E-state index in [1.54, 1.807) is 0 Å². The largest absolute Gasteiger partial charge is 0.371 e. The number of carbonyl (C=O) groups is 1. The molecule has 2 amide bonds. The second-order valence-corrected chi connectivity index (χ2v) is 5.30. The molecule has 0 bridgehead atoms. The predicted octanol–water partition coefficient (Wildman–Crippen LogP) is 1.74. The number of hydrogen-bond donors (Lipinski definition) is 2. The van der Waals surface area contributed by atoms with Gasteiger partial charge >= 0.3 is 6.03 Å². The monoisotopic (exact) mass is 288 g/mol. The van der Waals surface area contributed by atoms with Crippen LogP contribution >= 0.6 is 0 Å². The van der Waals surface area contributed by atoms with Crippen LogP contribution in [0.5, 0.6) is 0 Å². The summed E-state index contributed by atoms with van der Waals surface area (Å²) in [7, 11) is 0. The summed E-state index contributed by atoms with van der Waals surface area (Å²) in [4.78, 5) is 16.2. The minimum absolute atomic E-state index is 0.0724. The average Bonchev–Trinajstić information content (AvgIpc) is 2.84. The van der Waals surface area contributed by atoms with Crippen molar-refractivity contribution in [3.8, 4) is 0 Å². The van der Waals surface area contributed by atoms with Gasteiger partial charge in [0.15, 0.2) is 0 Å². The van der Waals surface area contributed by atoms with E-state index >= 15 is 0 Å². The Morgan fingerprint density at radius 1 is 1.48 bits per heavy atom. The summed E-state index contributed by atoms with van der Waals surface area (Å²) in [6.45, 7) is 6.21. The lowest BCUT2D eigenvalue weighted by atomic mass is 10.2. The topological polar surface area (TPSA) is 68.2 Å². The maximum absolute atomic E-state index is 11.6. The van der Waals surface area contributed by atoms with Crippen LogP contribution in [0.4, 0.5) is 4.79 Å². The van der Waals surface area contributed by atoms with Crippen LogP contribution in [-0.4, -0.2) is 35.3 Å². The van der Waals surface area contributed by atoms with Crippen LogP contribution in [0.3, 0.4) is 0 Å². The molecule has 0 saturated heterocycles. The van der Waals surface area contributed by atoms with Crippen molar-refractivity contribution >= 4 is 17.1 Å². The second kappa shape index (κ2) is 5.73. The zero-order valence-electron chi connectivity index (χ0n) is 12.3. The van der Waals surface area contributed by atoms with Gasteiger partial charge in [-0.25, -0.2) is 9.78 Å². The lowest BCUT2D eigenvalue weighted by Gasteiger charge is -2.26. The van der Waals surface area contributed by atoms with Gasteiger partial charge in [0.25, 0.3) is 0 Å². The number of rotatable bonds is 3. The van der Waals surface area contributed by atoms with Crippen molar-refractivity contribution in [1.29, 1.82) is 0 Å². The Labute approximate surface area is 123 Å². The molecule has 1 aromatic carbocycles. The molecule has 1 aliphatic rings. The van der Waals surface area contributed by atoms with Crippen LogP contribution in [0.2, 0.25) is 0 Å². The van der Waals surface area contributed by atoms with E-state index in [4.69, 9.17) is 4.74 Å². The highest BCUT2D eigenvalue weighted by Crippen LogP contribution is 2.26. The summed E-state index contributed by atoms with van der Waals surface area (Å²) in [6.07, 6.45) is 0. The number of urea groups is 1. The molecule has 0 aliphatic carbocycles. The SMILES string of the molecule is CCNC(=O)NCC1COCc2nc3ccc(C)cc3n21. The molecule has 112 valence electrons. The van der Waals surface area contributed by atoms with Crippen molar-refractivity contribution in [2.24, 2.45) is 0 Å². The third-order valence-electron chi connectivity index (χ3n) is 3.66. The number of fused-ring (bicyclic) bond motifs is 3. The molecule has 0 fully saturated rings. The van der Waals surface area contributed by atoms with E-state index in [0.29, 0.717) is 26.3 Å². The second-order valence-electron chi connectivity index (χ2n) is 5.30. The first-order valence-electron chi connectivity index (χ1n) is 7.26. The molecule has 1 aromatic heterocycles. The van der Waals surface area contributed by atoms with Gasteiger partial charge in [0.2, 0.25) is 0 Å². The van der Waals surface area contributed by atoms with E-state index < -0.39 is 0 Å². The third kappa shape index (κ3) is 2.71. The van der Waals surface area contributed by atoms with Crippen LogP contribution in [0, 0.1) is 6.92 Å². The highest BCUT2D eigenvalue weighted by Gasteiger charge is 2.24. The van der Waals surface area contributed by atoms with E-state index in [2.05, 4.69) is 39.2 Å². The molecule has 6 nitrogen and oxygen atoms in total. The minimum atomic E-state index is -0.148. The van der Waals surface area contributed by atoms with Crippen LogP contribution < -0.4 is 10.6 Å². The summed E-state index contributed by atoms with van der Waals surface area (Å²) in [6, 6.07) is 6.15. The average molecular weight is 288 g/mol. The molecule has 1 aliphatic heterocycles. The first kappa shape index (κ1) is 13.9. The van der Waals surface area contributed by atoms with E-state index in [-0.39, 0.29) is 12.1 Å². The van der Waals surface area contributed by atoms with Crippen LogP contribution in [0.15, 0.2) is 18.2 Å². The minimum Gasteiger partial charge on any atom is -0.371 e. The van der Waals surface area contributed by atoms with E-state index in [9.17, 15) is 4.79 Å². The molecule has 2 N–H and O–H groups in total. The van der Waals surface area contributed by atoms with Gasteiger partial charge in [0.05, 0.1) is 23.7 Å². The van der Waals surface area contributed by atoms with E-state index in [1.165, 1.54) is 5.56 Å². The van der Waals surface area contributed by atoms with Gasteiger partial charge < -0.3 is 19.9 Å². The number of aromatic nitrogens is 2. The molecule has 21 heavy (non-hydrogen) atoms. The molecular formula is C15H20N4O2. The number of amides is 2. The van der Waals surface area contributed by atoms with Crippen molar-refractivity contribution in [3.63, 3.8) is 0 Å². The molecular weight excluding hydrogens is 268 g/mol. The van der Waals surface area contributed by atoms with Crippen molar-refractivity contribution in [1.82, 2.24) is 20.2 Å². The standard InChI is InChI=1S/C15H20N4O2/c1-3-16-15(20)17-7-11-8-21-9-14-18-12-5-4-10(2)6-13(12)19(11)14/h4-6,11H,3,7-9H2,1-2H3,(H2,16,17,20). The van der Waals surface area contributed by atoms with Gasteiger partial charge in [-0.2, -0.15) is 0 Å². The van der Waals surface area contributed by atoms with Gasteiger partial charge in [-0.05, 0) is 31.5 Å². The van der Waals surface area contributed by atoms with Gasteiger partial charge in [-0.15, -0.1) is 0 Å². The Morgan fingerprint density at radius 2 is 2.33 bits per heavy atom. The first-order valence-corrected chi connectivity index (χ1v) is 7.26. The number of nitrogens with zero attached hydrogens (tertiary/aromatic N) is 2. The fraction of sp³-hybridized carbons (Fsp3) is 0.467. The zero-order valence-corrected chi connectivity index (χ0v) is 12.3. The highest BCUT2D eigenvalue weighted by atomic mass is 16.5. The third-order valence-corrected chi connectivity index (χ3v) is 3.66. The summed E-state index contributed by atoms with van der Waals surface area (Å²) in [5.74, 6) is 0.921. The molecule has 1 atom stereocenters. The molecule has 2 heterocycles.